The Kier molecular flexibility index (Phi) is 3.56. The van der Waals surface area contributed by atoms with E-state index >= 15 is 0 Å². The molecule has 0 radical (unpaired) electrons. The molecule has 1 heterocycles. The standard InChI is InChI=1S/C12H12ClN3O/c1-17-11-6-8(2-3-9(11)13)12(14)10-7-15-4-5-16-10/h2-7,12H,14H2,1H3. The average Bonchev–Trinajstić information content (AvgIpc) is 2.39. The van der Waals surface area contributed by atoms with Crippen LogP contribution in [0.1, 0.15) is 17.3 Å². The van der Waals surface area contributed by atoms with E-state index in [9.17, 15) is 0 Å². The van der Waals surface area contributed by atoms with Gasteiger partial charge in [0.1, 0.15) is 5.75 Å². The number of benzene rings is 1. The number of aromatic nitrogens is 2. The molecule has 2 aromatic rings. The van der Waals surface area contributed by atoms with Crippen molar-refractivity contribution in [2.24, 2.45) is 5.73 Å². The van der Waals surface area contributed by atoms with E-state index < -0.39 is 0 Å². The molecule has 2 N–H and O–H groups in total. The Hall–Kier alpha value is -1.65. The van der Waals surface area contributed by atoms with Gasteiger partial charge in [-0.3, -0.25) is 9.97 Å². The van der Waals surface area contributed by atoms with Crippen LogP contribution in [0.15, 0.2) is 36.8 Å². The first kappa shape index (κ1) is 11.8. The number of nitrogens with zero attached hydrogens (tertiary/aromatic N) is 2. The van der Waals surface area contributed by atoms with Crippen LogP contribution in [-0.4, -0.2) is 17.1 Å². The summed E-state index contributed by atoms with van der Waals surface area (Å²) in [5.41, 5.74) is 7.68. The molecule has 17 heavy (non-hydrogen) atoms. The van der Waals surface area contributed by atoms with Crippen LogP contribution in [0.5, 0.6) is 5.75 Å². The minimum atomic E-state index is -0.338. The summed E-state index contributed by atoms with van der Waals surface area (Å²) < 4.78 is 5.15. The maximum absolute atomic E-state index is 6.09. The molecule has 0 saturated carbocycles. The number of halogens is 1. The van der Waals surface area contributed by atoms with Gasteiger partial charge in [-0.05, 0) is 17.7 Å². The molecule has 0 aliphatic carbocycles. The van der Waals surface area contributed by atoms with Crippen molar-refractivity contribution in [3.8, 4) is 5.75 Å². The highest BCUT2D eigenvalue weighted by molar-refractivity contribution is 6.32. The molecule has 1 unspecified atom stereocenters. The Morgan fingerprint density at radius 1 is 1.35 bits per heavy atom. The zero-order valence-corrected chi connectivity index (χ0v) is 10.1. The van der Waals surface area contributed by atoms with Crippen molar-refractivity contribution in [2.75, 3.05) is 7.11 Å². The number of hydrogen-bond acceptors (Lipinski definition) is 4. The molecule has 1 aromatic heterocycles. The van der Waals surface area contributed by atoms with Crippen molar-refractivity contribution >= 4 is 11.6 Å². The first-order valence-corrected chi connectivity index (χ1v) is 5.45. The minimum Gasteiger partial charge on any atom is -0.495 e. The van der Waals surface area contributed by atoms with E-state index in [1.165, 1.54) is 0 Å². The van der Waals surface area contributed by atoms with Gasteiger partial charge in [-0.25, -0.2) is 0 Å². The Bertz CT molecular complexity index is 504. The molecule has 0 bridgehead atoms. The third-order valence-corrected chi connectivity index (χ3v) is 2.75. The van der Waals surface area contributed by atoms with E-state index in [-0.39, 0.29) is 6.04 Å². The zero-order chi connectivity index (χ0) is 12.3. The molecule has 0 amide bonds. The third kappa shape index (κ3) is 2.54. The van der Waals surface area contributed by atoms with E-state index in [1.54, 1.807) is 31.8 Å². The first-order valence-electron chi connectivity index (χ1n) is 5.07. The highest BCUT2D eigenvalue weighted by atomic mass is 35.5. The zero-order valence-electron chi connectivity index (χ0n) is 9.30. The lowest BCUT2D eigenvalue weighted by molar-refractivity contribution is 0.414. The van der Waals surface area contributed by atoms with Crippen molar-refractivity contribution in [2.45, 2.75) is 6.04 Å². The molecular weight excluding hydrogens is 238 g/mol. The van der Waals surface area contributed by atoms with Crippen LogP contribution in [-0.2, 0) is 0 Å². The fourth-order valence-corrected chi connectivity index (χ4v) is 1.71. The smallest absolute Gasteiger partial charge is 0.137 e. The Balaban J connectivity index is 2.34. The fourth-order valence-electron chi connectivity index (χ4n) is 1.51. The number of hydrogen-bond donors (Lipinski definition) is 1. The molecule has 1 aromatic carbocycles. The predicted octanol–water partition coefficient (Wildman–Crippen LogP) is 2.19. The Morgan fingerprint density at radius 2 is 2.18 bits per heavy atom. The van der Waals surface area contributed by atoms with Crippen LogP contribution in [0.25, 0.3) is 0 Å². The highest BCUT2D eigenvalue weighted by Gasteiger charge is 2.12. The molecule has 0 saturated heterocycles. The summed E-state index contributed by atoms with van der Waals surface area (Å²) in [5, 5.41) is 0.558. The summed E-state index contributed by atoms with van der Waals surface area (Å²) >= 11 is 5.95. The maximum Gasteiger partial charge on any atom is 0.137 e. The van der Waals surface area contributed by atoms with Gasteiger partial charge in [-0.1, -0.05) is 17.7 Å². The van der Waals surface area contributed by atoms with Crippen molar-refractivity contribution in [3.05, 3.63) is 53.1 Å². The number of rotatable bonds is 3. The monoisotopic (exact) mass is 249 g/mol. The number of methoxy groups -OCH3 is 1. The average molecular weight is 250 g/mol. The predicted molar refractivity (Wildman–Crippen MR) is 66.1 cm³/mol. The second-order valence-corrected chi connectivity index (χ2v) is 3.91. The molecule has 5 heteroatoms. The van der Waals surface area contributed by atoms with E-state index in [0.29, 0.717) is 16.5 Å². The van der Waals surface area contributed by atoms with Crippen molar-refractivity contribution < 1.29 is 4.74 Å². The lowest BCUT2D eigenvalue weighted by Crippen LogP contribution is -2.13. The second kappa shape index (κ2) is 5.12. The summed E-state index contributed by atoms with van der Waals surface area (Å²) in [6.07, 6.45) is 4.87. The second-order valence-electron chi connectivity index (χ2n) is 3.50. The number of nitrogens with two attached hydrogens (primary N) is 1. The summed E-state index contributed by atoms with van der Waals surface area (Å²) in [4.78, 5) is 8.16. The van der Waals surface area contributed by atoms with Gasteiger partial charge in [0.05, 0.1) is 30.1 Å². The molecule has 88 valence electrons. The van der Waals surface area contributed by atoms with Gasteiger partial charge in [0.2, 0.25) is 0 Å². The van der Waals surface area contributed by atoms with Crippen LogP contribution < -0.4 is 10.5 Å². The molecule has 0 fully saturated rings. The normalized spacial score (nSPS) is 12.2. The van der Waals surface area contributed by atoms with Crippen LogP contribution in [0.3, 0.4) is 0 Å². The molecule has 0 spiro atoms. The first-order chi connectivity index (χ1) is 8.22. The van der Waals surface area contributed by atoms with E-state index in [2.05, 4.69) is 9.97 Å². The summed E-state index contributed by atoms with van der Waals surface area (Å²) in [6.45, 7) is 0. The van der Waals surface area contributed by atoms with Gasteiger partial charge in [0, 0.05) is 12.4 Å². The lowest BCUT2D eigenvalue weighted by atomic mass is 10.0. The Labute approximate surface area is 104 Å². The minimum absolute atomic E-state index is 0.338. The molecule has 0 aliphatic rings. The van der Waals surface area contributed by atoms with E-state index in [4.69, 9.17) is 22.1 Å². The Morgan fingerprint density at radius 3 is 2.82 bits per heavy atom. The van der Waals surface area contributed by atoms with Gasteiger partial charge >= 0.3 is 0 Å². The van der Waals surface area contributed by atoms with Crippen molar-refractivity contribution in [1.82, 2.24) is 9.97 Å². The number of ether oxygens (including phenoxy) is 1. The quantitative estimate of drug-likeness (QED) is 0.906. The highest BCUT2D eigenvalue weighted by Crippen LogP contribution is 2.28. The van der Waals surface area contributed by atoms with Gasteiger partial charge in [-0.15, -0.1) is 0 Å². The molecule has 4 nitrogen and oxygen atoms in total. The van der Waals surface area contributed by atoms with Gasteiger partial charge in [0.25, 0.3) is 0 Å². The van der Waals surface area contributed by atoms with Crippen LogP contribution in [0.4, 0.5) is 0 Å². The van der Waals surface area contributed by atoms with Gasteiger partial charge in [-0.2, -0.15) is 0 Å². The summed E-state index contributed by atoms with van der Waals surface area (Å²) in [7, 11) is 1.57. The molecular formula is C12H12ClN3O. The summed E-state index contributed by atoms with van der Waals surface area (Å²) in [6, 6.07) is 5.08. The van der Waals surface area contributed by atoms with Crippen LogP contribution >= 0.6 is 11.6 Å². The fraction of sp³-hybridized carbons (Fsp3) is 0.167. The summed E-state index contributed by atoms with van der Waals surface area (Å²) in [5.74, 6) is 0.600. The maximum atomic E-state index is 6.09. The van der Waals surface area contributed by atoms with Crippen molar-refractivity contribution in [1.29, 1.82) is 0 Å². The lowest BCUT2D eigenvalue weighted by Gasteiger charge is -2.12. The SMILES string of the molecule is COc1cc(C(N)c2cnccn2)ccc1Cl. The van der Waals surface area contributed by atoms with Crippen LogP contribution in [0, 0.1) is 0 Å². The van der Waals surface area contributed by atoms with Gasteiger partial charge in [0.15, 0.2) is 0 Å². The molecule has 0 aliphatic heterocycles. The van der Waals surface area contributed by atoms with Gasteiger partial charge < -0.3 is 10.5 Å². The van der Waals surface area contributed by atoms with Crippen LogP contribution in [0.2, 0.25) is 5.02 Å². The van der Waals surface area contributed by atoms with E-state index in [1.807, 2.05) is 12.1 Å². The molecule has 1 atom stereocenters. The third-order valence-electron chi connectivity index (χ3n) is 2.44. The topological polar surface area (TPSA) is 61.0 Å². The largest absolute Gasteiger partial charge is 0.495 e. The molecule has 2 rings (SSSR count). The van der Waals surface area contributed by atoms with Crippen molar-refractivity contribution in [3.63, 3.8) is 0 Å². The van der Waals surface area contributed by atoms with E-state index in [0.717, 1.165) is 5.56 Å².